The van der Waals surface area contributed by atoms with E-state index in [1.807, 2.05) is 30.3 Å². The fourth-order valence-corrected chi connectivity index (χ4v) is 3.43. The molecule has 0 bridgehead atoms. The number of nitrogens with zero attached hydrogens (tertiary/aromatic N) is 6. The molecule has 1 saturated heterocycles. The summed E-state index contributed by atoms with van der Waals surface area (Å²) in [5, 5.41) is 15.4. The molecule has 1 aromatic carbocycles. The number of nitrogens with one attached hydrogen (secondary N) is 1. The zero-order valence-corrected chi connectivity index (χ0v) is 16.2. The van der Waals surface area contributed by atoms with E-state index in [0.717, 1.165) is 36.5 Å². The summed E-state index contributed by atoms with van der Waals surface area (Å²) < 4.78 is 6.81. The van der Waals surface area contributed by atoms with Crippen molar-refractivity contribution in [3.05, 3.63) is 54.6 Å². The topological polar surface area (TPSA) is 98.1 Å². The van der Waals surface area contributed by atoms with Crippen molar-refractivity contribution in [1.82, 2.24) is 25.0 Å². The average molecular weight is 393 g/mol. The summed E-state index contributed by atoms with van der Waals surface area (Å²) in [6, 6.07) is 11.5. The van der Waals surface area contributed by atoms with Crippen molar-refractivity contribution in [1.29, 1.82) is 0 Å². The average Bonchev–Trinajstić information content (AvgIpc) is 3.28. The normalized spacial score (nSPS) is 16.4. The summed E-state index contributed by atoms with van der Waals surface area (Å²) in [7, 11) is 1.56. The minimum absolute atomic E-state index is 0.0280. The summed E-state index contributed by atoms with van der Waals surface area (Å²) in [4.78, 5) is 18.8. The van der Waals surface area contributed by atoms with E-state index in [4.69, 9.17) is 4.74 Å². The number of methoxy groups -OCH3 is 1. The molecule has 1 atom stereocenters. The second-order valence-electron chi connectivity index (χ2n) is 7.00. The Morgan fingerprint density at radius 3 is 2.76 bits per heavy atom. The molecule has 9 nitrogen and oxygen atoms in total. The molecule has 1 N–H and O–H groups in total. The van der Waals surface area contributed by atoms with Gasteiger partial charge in [0.25, 0.3) is 0 Å². The number of hydrogen-bond acceptors (Lipinski definition) is 7. The number of anilines is 2. The van der Waals surface area contributed by atoms with Crippen molar-refractivity contribution in [2.45, 2.75) is 19.4 Å². The first-order valence-electron chi connectivity index (χ1n) is 9.56. The van der Waals surface area contributed by atoms with Gasteiger partial charge in [-0.2, -0.15) is 5.10 Å². The summed E-state index contributed by atoms with van der Waals surface area (Å²) in [6.45, 7) is 2.13. The summed E-state index contributed by atoms with van der Waals surface area (Å²) >= 11 is 0. The van der Waals surface area contributed by atoms with Crippen molar-refractivity contribution in [3.8, 4) is 5.88 Å². The molecular formula is C20H23N7O2. The quantitative estimate of drug-likeness (QED) is 0.684. The van der Waals surface area contributed by atoms with Gasteiger partial charge in [-0.3, -0.25) is 4.79 Å². The lowest BCUT2D eigenvalue weighted by molar-refractivity contribution is -0.120. The van der Waals surface area contributed by atoms with Gasteiger partial charge in [0.15, 0.2) is 5.82 Å². The van der Waals surface area contributed by atoms with E-state index in [-0.39, 0.29) is 11.8 Å². The van der Waals surface area contributed by atoms with Crippen LogP contribution in [0.2, 0.25) is 0 Å². The summed E-state index contributed by atoms with van der Waals surface area (Å²) in [5.41, 5.74) is 1.88. The van der Waals surface area contributed by atoms with Gasteiger partial charge in [-0.25, -0.2) is 9.67 Å². The van der Waals surface area contributed by atoms with Crippen LogP contribution >= 0.6 is 0 Å². The Hall–Kier alpha value is -3.49. The molecule has 0 aliphatic carbocycles. The maximum absolute atomic E-state index is 12.8. The Balaban J connectivity index is 1.35. The Morgan fingerprint density at radius 2 is 2.07 bits per heavy atom. The van der Waals surface area contributed by atoms with Gasteiger partial charge in [0.1, 0.15) is 12.7 Å². The molecule has 9 heteroatoms. The first-order chi connectivity index (χ1) is 14.2. The van der Waals surface area contributed by atoms with E-state index in [1.54, 1.807) is 24.2 Å². The number of piperidine rings is 1. The van der Waals surface area contributed by atoms with Gasteiger partial charge in [0, 0.05) is 24.8 Å². The molecule has 1 fully saturated rings. The van der Waals surface area contributed by atoms with E-state index < -0.39 is 0 Å². The minimum Gasteiger partial charge on any atom is -0.480 e. The lowest BCUT2D eigenvalue weighted by atomic mass is 9.97. The van der Waals surface area contributed by atoms with Crippen molar-refractivity contribution < 1.29 is 9.53 Å². The molecule has 29 heavy (non-hydrogen) atoms. The van der Waals surface area contributed by atoms with Crippen LogP contribution < -0.4 is 15.0 Å². The number of benzene rings is 1. The van der Waals surface area contributed by atoms with Crippen LogP contribution in [0.5, 0.6) is 5.88 Å². The zero-order chi connectivity index (χ0) is 20.1. The highest BCUT2D eigenvalue weighted by atomic mass is 16.5. The van der Waals surface area contributed by atoms with Gasteiger partial charge in [-0.1, -0.05) is 12.1 Å². The third-order valence-electron chi connectivity index (χ3n) is 4.98. The van der Waals surface area contributed by atoms with Crippen molar-refractivity contribution in [2.24, 2.45) is 5.92 Å². The second kappa shape index (κ2) is 8.68. The molecule has 150 valence electrons. The number of rotatable bonds is 6. The summed E-state index contributed by atoms with van der Waals surface area (Å²) in [5.74, 6) is 1.18. The molecule has 3 heterocycles. The third-order valence-corrected chi connectivity index (χ3v) is 4.98. The lowest BCUT2D eigenvalue weighted by Gasteiger charge is -2.32. The van der Waals surface area contributed by atoms with Crippen LogP contribution in [0.4, 0.5) is 11.5 Å². The van der Waals surface area contributed by atoms with Gasteiger partial charge in [0.2, 0.25) is 11.8 Å². The first-order valence-corrected chi connectivity index (χ1v) is 9.56. The van der Waals surface area contributed by atoms with Crippen molar-refractivity contribution in [3.63, 3.8) is 0 Å². The van der Waals surface area contributed by atoms with Gasteiger partial charge in [0.05, 0.1) is 19.6 Å². The standard InChI is InChI=1S/C20H23N7O2/c1-29-19-9-8-18(24-25-19)26-10-2-3-16(12-26)20(28)23-17-6-4-15(5-7-17)11-27-14-21-13-22-27/h4-9,13-14,16H,2-3,10-12H2,1H3,(H,23,28)/t16-/m0/s1. The molecule has 3 aromatic rings. The number of ether oxygens (including phenoxy) is 1. The predicted octanol–water partition coefficient (Wildman–Crippen LogP) is 1.98. The molecule has 0 radical (unpaired) electrons. The van der Waals surface area contributed by atoms with E-state index in [1.165, 1.54) is 6.33 Å². The highest BCUT2D eigenvalue weighted by Gasteiger charge is 2.26. The van der Waals surface area contributed by atoms with E-state index >= 15 is 0 Å². The molecule has 0 saturated carbocycles. The van der Waals surface area contributed by atoms with Crippen molar-refractivity contribution >= 4 is 17.4 Å². The summed E-state index contributed by atoms with van der Waals surface area (Å²) in [6.07, 6.45) is 4.98. The fraction of sp³-hybridized carbons (Fsp3) is 0.350. The van der Waals surface area contributed by atoms with Gasteiger partial charge < -0.3 is 15.0 Å². The monoisotopic (exact) mass is 393 g/mol. The number of aromatic nitrogens is 5. The first kappa shape index (κ1) is 18.9. The van der Waals surface area contributed by atoms with Crippen LogP contribution in [0, 0.1) is 5.92 Å². The lowest BCUT2D eigenvalue weighted by Crippen LogP contribution is -2.41. The van der Waals surface area contributed by atoms with E-state index in [9.17, 15) is 4.79 Å². The third kappa shape index (κ3) is 4.68. The fourth-order valence-electron chi connectivity index (χ4n) is 3.43. The molecule has 0 spiro atoms. The maximum atomic E-state index is 12.8. The van der Waals surface area contributed by atoms with Crippen molar-refractivity contribution in [2.75, 3.05) is 30.4 Å². The number of carbonyl (C=O) groups excluding carboxylic acids is 1. The number of amides is 1. The minimum atomic E-state index is -0.0949. The highest BCUT2D eigenvalue weighted by molar-refractivity contribution is 5.93. The van der Waals surface area contributed by atoms with Crippen LogP contribution in [-0.2, 0) is 11.3 Å². The van der Waals surface area contributed by atoms with Crippen LogP contribution in [0.1, 0.15) is 18.4 Å². The van der Waals surface area contributed by atoms with Gasteiger partial charge in [-0.05, 0) is 36.6 Å². The maximum Gasteiger partial charge on any atom is 0.233 e. The van der Waals surface area contributed by atoms with Crippen LogP contribution in [0.15, 0.2) is 49.1 Å². The van der Waals surface area contributed by atoms with E-state index in [0.29, 0.717) is 19.0 Å². The Morgan fingerprint density at radius 1 is 1.21 bits per heavy atom. The zero-order valence-electron chi connectivity index (χ0n) is 16.2. The van der Waals surface area contributed by atoms with Gasteiger partial charge >= 0.3 is 0 Å². The smallest absolute Gasteiger partial charge is 0.233 e. The molecule has 0 unspecified atom stereocenters. The highest BCUT2D eigenvalue weighted by Crippen LogP contribution is 2.23. The Labute approximate surface area is 168 Å². The van der Waals surface area contributed by atoms with Crippen LogP contribution in [-0.4, -0.2) is 51.1 Å². The second-order valence-corrected chi connectivity index (χ2v) is 7.00. The van der Waals surface area contributed by atoms with Crippen LogP contribution in [0.3, 0.4) is 0 Å². The molecule has 4 rings (SSSR count). The molecule has 1 amide bonds. The number of hydrogen-bond donors (Lipinski definition) is 1. The largest absolute Gasteiger partial charge is 0.480 e. The molecular weight excluding hydrogens is 370 g/mol. The predicted molar refractivity (Wildman–Crippen MR) is 108 cm³/mol. The Bertz CT molecular complexity index is 926. The molecule has 1 aliphatic rings. The van der Waals surface area contributed by atoms with Crippen LogP contribution in [0.25, 0.3) is 0 Å². The number of carbonyl (C=O) groups is 1. The SMILES string of the molecule is COc1ccc(N2CCC[C@H](C(=O)Nc3ccc(Cn4cncn4)cc3)C2)nn1. The van der Waals surface area contributed by atoms with Gasteiger partial charge in [-0.15, -0.1) is 10.2 Å². The molecule has 1 aliphatic heterocycles. The van der Waals surface area contributed by atoms with E-state index in [2.05, 4.69) is 30.5 Å². The molecule has 2 aromatic heterocycles. The Kier molecular flexibility index (Phi) is 5.64.